The van der Waals surface area contributed by atoms with E-state index in [1.165, 1.54) is 30.1 Å². The Morgan fingerprint density at radius 1 is 1.12 bits per heavy atom. The molecule has 0 fully saturated rings. The van der Waals surface area contributed by atoms with Crippen LogP contribution in [0.1, 0.15) is 26.3 Å². The predicted octanol–water partition coefficient (Wildman–Crippen LogP) is 5.62. The fourth-order valence-corrected chi connectivity index (χ4v) is 3.50. The zero-order valence-corrected chi connectivity index (χ0v) is 15.2. The van der Waals surface area contributed by atoms with Crippen molar-refractivity contribution in [1.29, 1.82) is 0 Å². The number of rotatable bonds is 2. The van der Waals surface area contributed by atoms with Gasteiger partial charge in [-0.25, -0.2) is 0 Å². The molecule has 1 aromatic carbocycles. The Labute approximate surface area is 147 Å². The molecule has 1 aromatic heterocycles. The number of nitrogens with zero attached hydrogens (tertiary/aromatic N) is 1. The highest BCUT2D eigenvalue weighted by Crippen LogP contribution is 2.37. The lowest BCUT2D eigenvalue weighted by Crippen LogP contribution is -2.16. The number of thioether (sulfide) groups is 1. The van der Waals surface area contributed by atoms with E-state index in [4.69, 9.17) is 11.6 Å². The van der Waals surface area contributed by atoms with Gasteiger partial charge in [0, 0.05) is 29.8 Å². The van der Waals surface area contributed by atoms with Crippen LogP contribution < -0.4 is 5.43 Å². The van der Waals surface area contributed by atoms with Crippen LogP contribution in [0.2, 0.25) is 5.02 Å². The van der Waals surface area contributed by atoms with E-state index in [0.29, 0.717) is 4.90 Å². The number of halogens is 4. The lowest BCUT2D eigenvalue weighted by Gasteiger charge is -2.18. The summed E-state index contributed by atoms with van der Waals surface area (Å²) in [6, 6.07) is 3.52. The van der Waals surface area contributed by atoms with Gasteiger partial charge in [0.05, 0.1) is 15.5 Å². The van der Waals surface area contributed by atoms with Crippen molar-refractivity contribution in [2.75, 3.05) is 0 Å². The number of hydrogen-bond acceptors (Lipinski definition) is 2. The van der Waals surface area contributed by atoms with Gasteiger partial charge in [0.15, 0.2) is 0 Å². The molecule has 0 N–H and O–H groups in total. The van der Waals surface area contributed by atoms with Crippen LogP contribution in [-0.4, -0.2) is 9.31 Å². The van der Waals surface area contributed by atoms with Gasteiger partial charge in [0.1, 0.15) is 0 Å². The Kier molecular flexibility index (Phi) is 5.11. The lowest BCUT2D eigenvalue weighted by atomic mass is 10.0. The van der Waals surface area contributed by atoms with E-state index in [-0.39, 0.29) is 26.3 Å². The SMILES string of the molecule is Cn1cc(SC(C)(C)C)c(=O)c(-c2ccc(Cl)c(C(F)(F)F)c2)c1. The van der Waals surface area contributed by atoms with Crippen LogP contribution in [-0.2, 0) is 13.2 Å². The molecular weight excluding hydrogens is 359 g/mol. The van der Waals surface area contributed by atoms with Gasteiger partial charge < -0.3 is 4.57 Å². The van der Waals surface area contributed by atoms with E-state index < -0.39 is 11.7 Å². The molecule has 7 heteroatoms. The van der Waals surface area contributed by atoms with Gasteiger partial charge >= 0.3 is 6.18 Å². The molecule has 1 heterocycles. The van der Waals surface area contributed by atoms with E-state index in [1.54, 1.807) is 17.8 Å². The first kappa shape index (κ1) is 18.9. The van der Waals surface area contributed by atoms with Crippen molar-refractivity contribution < 1.29 is 13.2 Å². The molecule has 0 unspecified atom stereocenters. The first-order valence-corrected chi connectivity index (χ1v) is 8.34. The summed E-state index contributed by atoms with van der Waals surface area (Å²) in [7, 11) is 1.73. The van der Waals surface area contributed by atoms with E-state index >= 15 is 0 Å². The van der Waals surface area contributed by atoms with Crippen LogP contribution >= 0.6 is 23.4 Å². The van der Waals surface area contributed by atoms with Crippen LogP contribution in [0.4, 0.5) is 13.2 Å². The standard InChI is InChI=1S/C17H17ClF3NOS/c1-16(2,3)24-14-9-22(4)8-11(15(14)23)10-5-6-13(18)12(7-10)17(19,20)21/h5-9H,1-4H3. The predicted molar refractivity (Wildman–Crippen MR) is 92.7 cm³/mol. The van der Waals surface area contributed by atoms with Crippen molar-refractivity contribution in [2.45, 2.75) is 36.6 Å². The fraction of sp³-hybridized carbons (Fsp3) is 0.353. The maximum atomic E-state index is 13.1. The third-order valence-electron chi connectivity index (χ3n) is 3.12. The first-order chi connectivity index (χ1) is 10.9. The third kappa shape index (κ3) is 4.36. The van der Waals surface area contributed by atoms with Gasteiger partial charge in [-0.05, 0) is 17.7 Å². The summed E-state index contributed by atoms with van der Waals surface area (Å²) in [6.45, 7) is 5.90. The molecule has 0 bridgehead atoms. The Hall–Kier alpha value is -1.40. The second-order valence-electron chi connectivity index (χ2n) is 6.44. The molecule has 2 nitrogen and oxygen atoms in total. The Morgan fingerprint density at radius 3 is 2.29 bits per heavy atom. The molecule has 0 aliphatic rings. The second-order valence-corrected chi connectivity index (χ2v) is 8.71. The summed E-state index contributed by atoms with van der Waals surface area (Å²) in [5.41, 5.74) is -0.821. The topological polar surface area (TPSA) is 22.0 Å². The summed E-state index contributed by atoms with van der Waals surface area (Å²) in [6.07, 6.45) is -1.36. The average Bonchev–Trinajstić information content (AvgIpc) is 2.40. The van der Waals surface area contributed by atoms with Crippen LogP contribution in [0.3, 0.4) is 0 Å². The summed E-state index contributed by atoms with van der Waals surface area (Å²) in [5, 5.41) is -0.386. The monoisotopic (exact) mass is 375 g/mol. The second kappa shape index (κ2) is 6.48. The summed E-state index contributed by atoms with van der Waals surface area (Å²) >= 11 is 7.03. The largest absolute Gasteiger partial charge is 0.417 e. The van der Waals surface area contributed by atoms with Crippen molar-refractivity contribution >= 4 is 23.4 Å². The van der Waals surface area contributed by atoms with Gasteiger partial charge in [-0.3, -0.25) is 4.79 Å². The molecule has 0 aliphatic heterocycles. The quantitative estimate of drug-likeness (QED) is 0.636. The zero-order valence-electron chi connectivity index (χ0n) is 13.7. The average molecular weight is 376 g/mol. The van der Waals surface area contributed by atoms with E-state index in [2.05, 4.69) is 0 Å². The van der Waals surface area contributed by atoms with E-state index in [9.17, 15) is 18.0 Å². The molecule has 0 amide bonds. The van der Waals surface area contributed by atoms with E-state index in [1.807, 2.05) is 20.8 Å². The van der Waals surface area contributed by atoms with E-state index in [0.717, 1.165) is 6.07 Å². The zero-order chi connectivity index (χ0) is 18.3. The van der Waals surface area contributed by atoms with Crippen LogP contribution in [0.25, 0.3) is 11.1 Å². The van der Waals surface area contributed by atoms with Gasteiger partial charge in [-0.2, -0.15) is 13.2 Å². The normalized spacial score (nSPS) is 12.5. The van der Waals surface area contributed by atoms with Crippen molar-refractivity contribution in [2.24, 2.45) is 7.05 Å². The molecule has 24 heavy (non-hydrogen) atoms. The molecule has 130 valence electrons. The van der Waals surface area contributed by atoms with Gasteiger partial charge in [0.2, 0.25) is 5.43 Å². The number of aromatic nitrogens is 1. The minimum Gasteiger partial charge on any atom is -0.355 e. The van der Waals surface area contributed by atoms with Crippen molar-refractivity contribution in [3.63, 3.8) is 0 Å². The lowest BCUT2D eigenvalue weighted by molar-refractivity contribution is -0.137. The Bertz CT molecular complexity index is 822. The molecule has 0 radical (unpaired) electrons. The Balaban J connectivity index is 2.64. The molecule has 2 aromatic rings. The molecule has 0 spiro atoms. The molecule has 0 saturated carbocycles. The first-order valence-electron chi connectivity index (χ1n) is 7.15. The minimum absolute atomic E-state index is 0.193. The highest BCUT2D eigenvalue weighted by molar-refractivity contribution is 8.00. The molecule has 0 saturated heterocycles. The minimum atomic E-state index is -4.57. The number of pyridine rings is 1. The maximum absolute atomic E-state index is 13.1. The number of aryl methyl sites for hydroxylation is 1. The van der Waals surface area contributed by atoms with Crippen LogP contribution in [0.5, 0.6) is 0 Å². The van der Waals surface area contributed by atoms with Gasteiger partial charge in [-0.1, -0.05) is 38.4 Å². The van der Waals surface area contributed by atoms with Gasteiger partial charge in [0.25, 0.3) is 0 Å². The number of benzene rings is 1. The fourth-order valence-electron chi connectivity index (χ4n) is 2.19. The smallest absolute Gasteiger partial charge is 0.355 e. The maximum Gasteiger partial charge on any atom is 0.417 e. The number of alkyl halides is 3. The summed E-state index contributed by atoms with van der Waals surface area (Å²) < 4.78 is 40.6. The van der Waals surface area contributed by atoms with Crippen LogP contribution in [0, 0.1) is 0 Å². The highest BCUT2D eigenvalue weighted by Gasteiger charge is 2.33. The highest BCUT2D eigenvalue weighted by atomic mass is 35.5. The molecule has 0 aliphatic carbocycles. The molecule has 0 atom stereocenters. The molecular formula is C17H17ClF3NOS. The Morgan fingerprint density at radius 2 is 1.75 bits per heavy atom. The van der Waals surface area contributed by atoms with Crippen LogP contribution in [0.15, 0.2) is 40.3 Å². The third-order valence-corrected chi connectivity index (χ3v) is 4.57. The molecule has 2 rings (SSSR count). The van der Waals surface area contributed by atoms with Crippen molar-refractivity contribution in [3.8, 4) is 11.1 Å². The summed E-state index contributed by atoms with van der Waals surface area (Å²) in [4.78, 5) is 13.2. The van der Waals surface area contributed by atoms with Gasteiger partial charge in [-0.15, -0.1) is 11.8 Å². The summed E-state index contributed by atoms with van der Waals surface area (Å²) in [5.74, 6) is 0. The van der Waals surface area contributed by atoms with Crippen molar-refractivity contribution in [3.05, 3.63) is 51.4 Å². The van der Waals surface area contributed by atoms with Crippen molar-refractivity contribution in [1.82, 2.24) is 4.57 Å². The number of hydrogen-bond donors (Lipinski definition) is 0.